The van der Waals surface area contributed by atoms with Crippen LogP contribution in [-0.4, -0.2) is 76.3 Å². The van der Waals surface area contributed by atoms with E-state index >= 15 is 0 Å². The molecule has 13 heteroatoms. The van der Waals surface area contributed by atoms with E-state index in [-0.39, 0.29) is 5.75 Å². The van der Waals surface area contributed by atoms with Crippen molar-refractivity contribution in [2.45, 2.75) is 50.9 Å². The molecule has 0 aromatic heterocycles. The summed E-state index contributed by atoms with van der Waals surface area (Å²) in [6, 6.07) is -5.24. The molecule has 4 amide bonds. The maximum Gasteiger partial charge on any atom is 0.326 e. The number of hydrogen-bond donors (Lipinski definition) is 8. The molecule has 0 aliphatic carbocycles. The number of primary amides is 1. The zero-order valence-electron chi connectivity index (χ0n) is 16.3. The van der Waals surface area contributed by atoms with Gasteiger partial charge in [-0.1, -0.05) is 20.3 Å². The zero-order chi connectivity index (χ0) is 22.7. The summed E-state index contributed by atoms with van der Waals surface area (Å²) in [5, 5.41) is 25.3. The third kappa shape index (κ3) is 9.11. The Morgan fingerprint density at radius 1 is 1.00 bits per heavy atom. The molecule has 0 saturated carbocycles. The Hall–Kier alpha value is -2.38. The minimum absolute atomic E-state index is 0.00943. The summed E-state index contributed by atoms with van der Waals surface area (Å²) in [6.07, 6.45) is -0.166. The number of carbonyl (C=O) groups is 5. The number of amides is 4. The standard InChI is InChI=1S/C16H29N5O7S/c1-3-7(2)12(16(27)28)21-14(25)9(4-11(18)23)19-15(26)10(5-22)20-13(24)8(17)6-29/h7-10,12,22,29H,3-6,17H2,1-2H3,(H2,18,23)(H,19,26)(H,20,24)(H,21,25)(H,27,28). The highest BCUT2D eigenvalue weighted by molar-refractivity contribution is 7.80. The van der Waals surface area contributed by atoms with Gasteiger partial charge in [0.2, 0.25) is 23.6 Å². The number of nitrogens with one attached hydrogen (secondary N) is 3. The summed E-state index contributed by atoms with van der Waals surface area (Å²) in [5.74, 6) is -5.32. The molecular formula is C16H29N5O7S. The lowest BCUT2D eigenvalue weighted by Gasteiger charge is -2.25. The SMILES string of the molecule is CCC(C)C(NC(=O)C(CC(N)=O)NC(=O)C(CO)NC(=O)C(N)CS)C(=O)O. The molecule has 9 N–H and O–H groups in total. The first-order valence-corrected chi connectivity index (χ1v) is 9.51. The number of aliphatic hydroxyl groups excluding tert-OH is 1. The molecule has 166 valence electrons. The van der Waals surface area contributed by atoms with Gasteiger partial charge >= 0.3 is 5.97 Å². The van der Waals surface area contributed by atoms with Crippen molar-refractivity contribution in [2.75, 3.05) is 12.4 Å². The van der Waals surface area contributed by atoms with Gasteiger partial charge in [0, 0.05) is 5.75 Å². The van der Waals surface area contributed by atoms with Gasteiger partial charge in [0.1, 0.15) is 18.1 Å². The minimum Gasteiger partial charge on any atom is -0.480 e. The van der Waals surface area contributed by atoms with E-state index in [0.717, 1.165) is 0 Å². The topological polar surface area (TPSA) is 214 Å². The largest absolute Gasteiger partial charge is 0.480 e. The molecule has 0 bridgehead atoms. The van der Waals surface area contributed by atoms with Crippen LogP contribution in [0.2, 0.25) is 0 Å². The van der Waals surface area contributed by atoms with Gasteiger partial charge in [-0.3, -0.25) is 19.2 Å². The van der Waals surface area contributed by atoms with Gasteiger partial charge in [0.15, 0.2) is 0 Å². The molecule has 0 radical (unpaired) electrons. The Balaban J connectivity index is 5.32. The van der Waals surface area contributed by atoms with E-state index in [4.69, 9.17) is 11.5 Å². The second kappa shape index (κ2) is 13.0. The number of carboxylic acids is 1. The number of carbonyl (C=O) groups excluding carboxylic acids is 4. The highest BCUT2D eigenvalue weighted by Crippen LogP contribution is 2.09. The maximum absolute atomic E-state index is 12.5. The van der Waals surface area contributed by atoms with Crippen LogP contribution in [-0.2, 0) is 24.0 Å². The van der Waals surface area contributed by atoms with E-state index in [1.807, 2.05) is 0 Å². The smallest absolute Gasteiger partial charge is 0.326 e. The monoisotopic (exact) mass is 435 g/mol. The number of nitrogens with two attached hydrogens (primary N) is 2. The fraction of sp³-hybridized carbons (Fsp3) is 0.688. The highest BCUT2D eigenvalue weighted by atomic mass is 32.1. The van der Waals surface area contributed by atoms with Crippen LogP contribution < -0.4 is 27.4 Å². The summed E-state index contributed by atoms with van der Waals surface area (Å²) in [6.45, 7) is 2.54. The molecule has 0 aromatic carbocycles. The summed E-state index contributed by atoms with van der Waals surface area (Å²) in [4.78, 5) is 59.2. The molecular weight excluding hydrogens is 406 g/mol. The van der Waals surface area contributed by atoms with Crippen LogP contribution in [0.5, 0.6) is 0 Å². The van der Waals surface area contributed by atoms with E-state index in [0.29, 0.717) is 6.42 Å². The fourth-order valence-corrected chi connectivity index (χ4v) is 2.34. The number of rotatable bonds is 13. The number of carboxylic acid groups (broad SMARTS) is 1. The predicted octanol–water partition coefficient (Wildman–Crippen LogP) is -3.30. The lowest BCUT2D eigenvalue weighted by atomic mass is 9.98. The number of thiol groups is 1. The molecule has 29 heavy (non-hydrogen) atoms. The molecule has 0 aliphatic heterocycles. The lowest BCUT2D eigenvalue weighted by Crippen LogP contribution is -2.59. The van der Waals surface area contributed by atoms with Gasteiger partial charge in [-0.25, -0.2) is 4.79 Å². The molecule has 0 aromatic rings. The van der Waals surface area contributed by atoms with Gasteiger partial charge < -0.3 is 37.6 Å². The second-order valence-corrected chi connectivity index (χ2v) is 6.84. The van der Waals surface area contributed by atoms with Gasteiger partial charge in [0.05, 0.1) is 19.1 Å². The number of hydrogen-bond acceptors (Lipinski definition) is 8. The Bertz CT molecular complexity index is 618. The maximum atomic E-state index is 12.5. The van der Waals surface area contributed by atoms with Crippen molar-refractivity contribution < 1.29 is 34.2 Å². The van der Waals surface area contributed by atoms with Gasteiger partial charge in [0.25, 0.3) is 0 Å². The number of aliphatic hydroxyl groups is 1. The summed E-state index contributed by atoms with van der Waals surface area (Å²) in [5.41, 5.74) is 10.6. The normalized spacial score (nSPS) is 15.9. The first-order chi connectivity index (χ1) is 13.5. The molecule has 12 nitrogen and oxygen atoms in total. The third-order valence-corrected chi connectivity index (χ3v) is 4.56. The average Bonchev–Trinajstić information content (AvgIpc) is 2.66. The summed E-state index contributed by atoms with van der Waals surface area (Å²) < 4.78 is 0. The van der Waals surface area contributed by atoms with Crippen molar-refractivity contribution >= 4 is 42.2 Å². The van der Waals surface area contributed by atoms with Crippen LogP contribution in [0.25, 0.3) is 0 Å². The molecule has 0 rings (SSSR count). The van der Waals surface area contributed by atoms with E-state index in [9.17, 15) is 34.2 Å². The molecule has 5 atom stereocenters. The Labute approximate surface area is 173 Å². The van der Waals surface area contributed by atoms with Crippen LogP contribution in [0.4, 0.5) is 0 Å². The minimum atomic E-state index is -1.50. The first kappa shape index (κ1) is 26.6. The van der Waals surface area contributed by atoms with Crippen molar-refractivity contribution in [1.82, 2.24) is 16.0 Å². The Morgan fingerprint density at radius 3 is 1.93 bits per heavy atom. The second-order valence-electron chi connectivity index (χ2n) is 6.47. The molecule has 0 heterocycles. The van der Waals surface area contributed by atoms with E-state index in [1.54, 1.807) is 13.8 Å². The fourth-order valence-electron chi connectivity index (χ4n) is 2.18. The van der Waals surface area contributed by atoms with Crippen LogP contribution in [0.15, 0.2) is 0 Å². The summed E-state index contributed by atoms with van der Waals surface area (Å²) >= 11 is 3.85. The van der Waals surface area contributed by atoms with E-state index in [1.165, 1.54) is 0 Å². The molecule has 5 unspecified atom stereocenters. The highest BCUT2D eigenvalue weighted by Gasteiger charge is 2.32. The quantitative estimate of drug-likeness (QED) is 0.137. The van der Waals surface area contributed by atoms with Crippen LogP contribution in [0.1, 0.15) is 26.7 Å². The number of aliphatic carboxylic acids is 1. The molecule has 0 saturated heterocycles. The zero-order valence-corrected chi connectivity index (χ0v) is 17.1. The molecule has 0 fully saturated rings. The van der Waals surface area contributed by atoms with Crippen molar-refractivity contribution in [3.05, 3.63) is 0 Å². The van der Waals surface area contributed by atoms with Crippen LogP contribution in [0, 0.1) is 5.92 Å². The van der Waals surface area contributed by atoms with E-state index in [2.05, 4.69) is 28.6 Å². The van der Waals surface area contributed by atoms with Crippen molar-refractivity contribution in [3.8, 4) is 0 Å². The predicted molar refractivity (Wildman–Crippen MR) is 106 cm³/mol. The van der Waals surface area contributed by atoms with Crippen LogP contribution in [0.3, 0.4) is 0 Å². The average molecular weight is 436 g/mol. The van der Waals surface area contributed by atoms with Gasteiger partial charge in [-0.15, -0.1) is 0 Å². The Kier molecular flexibility index (Phi) is 11.9. The molecule has 0 aliphatic rings. The van der Waals surface area contributed by atoms with Gasteiger partial charge in [-0.2, -0.15) is 12.6 Å². The van der Waals surface area contributed by atoms with Crippen LogP contribution >= 0.6 is 12.6 Å². The van der Waals surface area contributed by atoms with Gasteiger partial charge in [-0.05, 0) is 5.92 Å². The van der Waals surface area contributed by atoms with Crippen molar-refractivity contribution in [2.24, 2.45) is 17.4 Å². The van der Waals surface area contributed by atoms with Crippen molar-refractivity contribution in [1.29, 1.82) is 0 Å². The lowest BCUT2D eigenvalue weighted by molar-refractivity contribution is -0.144. The summed E-state index contributed by atoms with van der Waals surface area (Å²) in [7, 11) is 0. The molecule has 0 spiro atoms. The van der Waals surface area contributed by atoms with Crippen molar-refractivity contribution in [3.63, 3.8) is 0 Å². The first-order valence-electron chi connectivity index (χ1n) is 8.87. The third-order valence-electron chi connectivity index (χ3n) is 4.16. The Morgan fingerprint density at radius 2 is 1.52 bits per heavy atom. The van der Waals surface area contributed by atoms with E-state index < -0.39 is 72.7 Å².